The highest BCUT2D eigenvalue weighted by Crippen LogP contribution is 2.22. The van der Waals surface area contributed by atoms with Crippen LogP contribution in [0, 0.1) is 0 Å². The van der Waals surface area contributed by atoms with E-state index in [1.807, 2.05) is 0 Å². The maximum Gasteiger partial charge on any atom is 0.415 e. The van der Waals surface area contributed by atoms with E-state index >= 15 is 0 Å². The number of hydrogen-bond donors (Lipinski definition) is 4. The van der Waals surface area contributed by atoms with E-state index in [9.17, 15) is 14.4 Å². The molecule has 150 valence electrons. The van der Waals surface area contributed by atoms with E-state index in [2.05, 4.69) is 10.6 Å². The Balaban J connectivity index is 1.52. The molecule has 2 aromatic rings. The van der Waals surface area contributed by atoms with E-state index < -0.39 is 18.2 Å². The van der Waals surface area contributed by atoms with Gasteiger partial charge in [-0.25, -0.2) is 14.4 Å². The van der Waals surface area contributed by atoms with E-state index in [4.69, 9.17) is 27.8 Å². The summed E-state index contributed by atoms with van der Waals surface area (Å²) in [6, 6.07) is 13.2. The largest absolute Gasteiger partial charge is 0.478 e. The van der Waals surface area contributed by atoms with Gasteiger partial charge < -0.3 is 26.2 Å². The van der Waals surface area contributed by atoms with Crippen LogP contribution in [0.4, 0.5) is 21.0 Å². The maximum atomic E-state index is 12.0. The Bertz CT molecular complexity index is 946. The minimum Gasteiger partial charge on any atom is -0.478 e. The number of nitrogens with two attached hydrogens (primary N) is 1. The van der Waals surface area contributed by atoms with Crippen molar-refractivity contribution in [2.75, 3.05) is 16.8 Å². The first-order valence-corrected chi connectivity index (χ1v) is 8.99. The number of hydrogen-bond acceptors (Lipinski definition) is 5. The van der Waals surface area contributed by atoms with Gasteiger partial charge in [0.15, 0.2) is 0 Å². The van der Waals surface area contributed by atoms with Crippen molar-refractivity contribution in [2.24, 2.45) is 5.73 Å². The van der Waals surface area contributed by atoms with Crippen LogP contribution in [0.3, 0.4) is 0 Å². The Morgan fingerprint density at radius 2 is 1.83 bits per heavy atom. The summed E-state index contributed by atoms with van der Waals surface area (Å²) >= 11 is 4.88. The van der Waals surface area contributed by atoms with Crippen LogP contribution >= 0.6 is 12.2 Å². The molecule has 0 aliphatic carbocycles. The molecule has 1 unspecified atom stereocenters. The molecule has 0 aromatic heterocycles. The van der Waals surface area contributed by atoms with E-state index in [-0.39, 0.29) is 24.1 Å². The molecule has 9 nitrogen and oxygen atoms in total. The number of anilines is 2. The van der Waals surface area contributed by atoms with Crippen molar-refractivity contribution >= 4 is 46.7 Å². The summed E-state index contributed by atoms with van der Waals surface area (Å²) in [5.74, 6) is -1.19. The smallest absolute Gasteiger partial charge is 0.415 e. The summed E-state index contributed by atoms with van der Waals surface area (Å²) in [7, 11) is 0. The second kappa shape index (κ2) is 8.57. The highest BCUT2D eigenvalue weighted by Gasteiger charge is 2.36. The summed E-state index contributed by atoms with van der Waals surface area (Å²) in [5.41, 5.74) is 8.16. The van der Waals surface area contributed by atoms with E-state index in [0.29, 0.717) is 16.9 Å². The van der Waals surface area contributed by atoms with Gasteiger partial charge in [0.05, 0.1) is 6.54 Å². The second-order valence-corrected chi connectivity index (χ2v) is 6.68. The number of amides is 3. The molecule has 0 bridgehead atoms. The third kappa shape index (κ3) is 4.99. The second-order valence-electron chi connectivity index (χ2n) is 6.24. The van der Waals surface area contributed by atoms with E-state index in [1.54, 1.807) is 48.5 Å². The van der Waals surface area contributed by atoms with Gasteiger partial charge in [-0.2, -0.15) is 0 Å². The van der Waals surface area contributed by atoms with Gasteiger partial charge in [-0.05, 0) is 42.0 Å². The van der Waals surface area contributed by atoms with Gasteiger partial charge in [0, 0.05) is 23.5 Å². The fourth-order valence-electron chi connectivity index (χ4n) is 2.67. The number of carboxylic acids is 1. The van der Waals surface area contributed by atoms with Gasteiger partial charge >= 0.3 is 18.1 Å². The molecule has 3 rings (SSSR count). The first kappa shape index (κ1) is 20.1. The number of ether oxygens (including phenoxy) is 1. The van der Waals surface area contributed by atoms with Crippen LogP contribution in [0.5, 0.6) is 0 Å². The van der Waals surface area contributed by atoms with Crippen LogP contribution in [-0.4, -0.2) is 40.8 Å². The highest BCUT2D eigenvalue weighted by atomic mass is 32.1. The van der Waals surface area contributed by atoms with Crippen molar-refractivity contribution in [3.8, 4) is 0 Å². The highest BCUT2D eigenvalue weighted by molar-refractivity contribution is 7.80. The van der Waals surface area contributed by atoms with Gasteiger partial charge in [-0.1, -0.05) is 24.4 Å². The minimum atomic E-state index is -1.19. The Hall–Kier alpha value is -3.66. The number of nitrogens with one attached hydrogen (secondary N) is 2. The van der Waals surface area contributed by atoms with Crippen molar-refractivity contribution in [1.29, 1.82) is 0 Å². The molecular weight excluding hydrogens is 396 g/mol. The maximum absolute atomic E-state index is 12.0. The molecule has 1 heterocycles. The standard InChI is InChI=1S/C19H18N4O5S/c20-16(29)12-3-5-13(6-4-12)22-18(26)21-9-11-1-7-14(8-2-11)23-10-15(17(24)25)28-19(23)27/h1-8,15H,9-10H2,(H2,20,29)(H,24,25)(H2,21,22,26). The molecule has 29 heavy (non-hydrogen) atoms. The Morgan fingerprint density at radius 1 is 1.17 bits per heavy atom. The number of aliphatic carboxylic acids is 1. The molecular formula is C19H18N4O5S. The Kier molecular flexibility index (Phi) is 5.93. The van der Waals surface area contributed by atoms with Crippen molar-refractivity contribution in [1.82, 2.24) is 5.32 Å². The van der Waals surface area contributed by atoms with Crippen LogP contribution in [-0.2, 0) is 16.1 Å². The number of nitrogens with zero attached hydrogens (tertiary/aromatic N) is 1. The molecule has 0 saturated carbocycles. The van der Waals surface area contributed by atoms with Crippen LogP contribution in [0.25, 0.3) is 0 Å². The molecule has 1 aliphatic heterocycles. The molecule has 5 N–H and O–H groups in total. The predicted molar refractivity (Wildman–Crippen MR) is 110 cm³/mol. The van der Waals surface area contributed by atoms with Crippen LogP contribution in [0.1, 0.15) is 11.1 Å². The topological polar surface area (TPSA) is 134 Å². The molecule has 10 heteroatoms. The van der Waals surface area contributed by atoms with Crippen LogP contribution in [0.15, 0.2) is 48.5 Å². The fourth-order valence-corrected chi connectivity index (χ4v) is 2.81. The number of benzene rings is 2. The van der Waals surface area contributed by atoms with Crippen molar-refractivity contribution in [3.05, 3.63) is 59.7 Å². The van der Waals surface area contributed by atoms with Crippen LogP contribution < -0.4 is 21.3 Å². The van der Waals surface area contributed by atoms with Gasteiger partial charge in [-0.15, -0.1) is 0 Å². The lowest BCUT2D eigenvalue weighted by atomic mass is 10.2. The summed E-state index contributed by atoms with van der Waals surface area (Å²) in [6.07, 6.45) is -1.88. The summed E-state index contributed by atoms with van der Waals surface area (Å²) in [6.45, 7) is 0.209. The number of carbonyl (C=O) groups excluding carboxylic acids is 2. The minimum absolute atomic E-state index is 0.0537. The quantitative estimate of drug-likeness (QED) is 0.532. The zero-order chi connectivity index (χ0) is 21.0. The summed E-state index contributed by atoms with van der Waals surface area (Å²) in [4.78, 5) is 36.3. The number of carboxylic acid groups (broad SMARTS) is 1. The van der Waals surface area contributed by atoms with Gasteiger partial charge in [0.25, 0.3) is 0 Å². The Labute approximate surface area is 171 Å². The lowest BCUT2D eigenvalue weighted by molar-refractivity contribution is -0.144. The molecule has 2 aromatic carbocycles. The first-order valence-electron chi connectivity index (χ1n) is 8.58. The van der Waals surface area contributed by atoms with Crippen molar-refractivity contribution in [3.63, 3.8) is 0 Å². The predicted octanol–water partition coefficient (Wildman–Crippen LogP) is 2.05. The molecule has 1 atom stereocenters. The molecule has 0 spiro atoms. The van der Waals surface area contributed by atoms with E-state index in [1.165, 1.54) is 4.90 Å². The average Bonchev–Trinajstić information content (AvgIpc) is 3.09. The van der Waals surface area contributed by atoms with Crippen molar-refractivity contribution < 1.29 is 24.2 Å². The molecule has 3 amide bonds. The van der Waals surface area contributed by atoms with Crippen LogP contribution in [0.2, 0.25) is 0 Å². The van der Waals surface area contributed by atoms with Gasteiger partial charge in [-0.3, -0.25) is 4.90 Å². The molecule has 1 saturated heterocycles. The van der Waals surface area contributed by atoms with Gasteiger partial charge in [0.2, 0.25) is 6.10 Å². The molecule has 1 fully saturated rings. The first-order chi connectivity index (χ1) is 13.8. The summed E-state index contributed by atoms with van der Waals surface area (Å²) < 4.78 is 4.78. The average molecular weight is 414 g/mol. The number of urea groups is 1. The molecule has 1 aliphatic rings. The van der Waals surface area contributed by atoms with Gasteiger partial charge in [0.1, 0.15) is 4.99 Å². The lowest BCUT2D eigenvalue weighted by Gasteiger charge is -2.13. The number of carbonyl (C=O) groups is 3. The zero-order valence-electron chi connectivity index (χ0n) is 15.1. The van der Waals surface area contributed by atoms with E-state index in [0.717, 1.165) is 5.56 Å². The fraction of sp³-hybridized carbons (Fsp3) is 0.158. The number of cyclic esters (lactones) is 1. The Morgan fingerprint density at radius 3 is 2.38 bits per heavy atom. The lowest BCUT2D eigenvalue weighted by Crippen LogP contribution is -2.28. The number of thiocarbonyl (C=S) groups is 1. The zero-order valence-corrected chi connectivity index (χ0v) is 15.9. The normalized spacial score (nSPS) is 15.5. The summed E-state index contributed by atoms with van der Waals surface area (Å²) in [5, 5.41) is 14.4. The monoisotopic (exact) mass is 414 g/mol. The SMILES string of the molecule is NC(=S)c1ccc(NC(=O)NCc2ccc(N3CC(C(=O)O)OC3=O)cc2)cc1. The third-order valence-corrected chi connectivity index (χ3v) is 4.45. The molecule has 0 radical (unpaired) electrons. The van der Waals surface area contributed by atoms with Crippen molar-refractivity contribution in [2.45, 2.75) is 12.6 Å². The number of rotatable bonds is 6. The third-order valence-electron chi connectivity index (χ3n) is 4.22.